The van der Waals surface area contributed by atoms with Gasteiger partial charge in [0.25, 0.3) is 0 Å². The summed E-state index contributed by atoms with van der Waals surface area (Å²) in [7, 11) is 0. The number of ether oxygens (including phenoxy) is 1. The lowest BCUT2D eigenvalue weighted by Gasteiger charge is -2.15. The van der Waals surface area contributed by atoms with Gasteiger partial charge in [0.05, 0.1) is 11.7 Å². The Morgan fingerprint density at radius 1 is 1.39 bits per heavy atom. The lowest BCUT2D eigenvalue weighted by Crippen LogP contribution is -2.22. The molecule has 18 heavy (non-hydrogen) atoms. The van der Waals surface area contributed by atoms with Crippen LogP contribution in [0.1, 0.15) is 20.8 Å². The maximum Gasteiger partial charge on any atom is 0.312 e. The Balaban J connectivity index is 1.99. The zero-order chi connectivity index (χ0) is 13.2. The number of imidazole rings is 1. The van der Waals surface area contributed by atoms with Crippen molar-refractivity contribution in [1.82, 2.24) is 19.9 Å². The summed E-state index contributed by atoms with van der Waals surface area (Å²) in [5.74, 6) is -0.00812. The number of nitrogens with one attached hydrogen (secondary N) is 1. The van der Waals surface area contributed by atoms with E-state index in [0.29, 0.717) is 5.65 Å². The third-order valence-electron chi connectivity index (χ3n) is 2.19. The standard InChI is InChI=1S/C11H14N4O2S/c1-11(2,3)10(16)17-6-18-9-7-8(13-4-12-7)14-5-15-9/h4-5H,6H2,1-3H3,(H,12,13,14,15). The van der Waals surface area contributed by atoms with Crippen molar-refractivity contribution in [2.45, 2.75) is 25.8 Å². The van der Waals surface area contributed by atoms with E-state index in [4.69, 9.17) is 4.74 Å². The van der Waals surface area contributed by atoms with E-state index >= 15 is 0 Å². The maximum atomic E-state index is 11.6. The molecule has 0 aliphatic rings. The molecule has 7 heteroatoms. The van der Waals surface area contributed by atoms with E-state index in [2.05, 4.69) is 19.9 Å². The van der Waals surface area contributed by atoms with Crippen molar-refractivity contribution in [3.05, 3.63) is 12.7 Å². The molecule has 2 heterocycles. The zero-order valence-electron chi connectivity index (χ0n) is 10.4. The molecule has 2 rings (SSSR count). The fourth-order valence-corrected chi connectivity index (χ4v) is 1.90. The van der Waals surface area contributed by atoms with Gasteiger partial charge in [-0.1, -0.05) is 11.8 Å². The molecule has 96 valence electrons. The Kier molecular flexibility index (Phi) is 3.51. The summed E-state index contributed by atoms with van der Waals surface area (Å²) in [6, 6.07) is 0. The summed E-state index contributed by atoms with van der Waals surface area (Å²) in [4.78, 5) is 26.7. The Labute approximate surface area is 109 Å². The third-order valence-corrected chi connectivity index (χ3v) is 3.00. The molecule has 0 aromatic carbocycles. The summed E-state index contributed by atoms with van der Waals surface area (Å²) < 4.78 is 5.17. The largest absolute Gasteiger partial charge is 0.454 e. The number of esters is 1. The average molecular weight is 266 g/mol. The highest BCUT2D eigenvalue weighted by atomic mass is 32.2. The number of hydrogen-bond donors (Lipinski definition) is 1. The fraction of sp³-hybridized carbons (Fsp3) is 0.455. The minimum absolute atomic E-state index is 0.223. The van der Waals surface area contributed by atoms with E-state index in [1.54, 1.807) is 6.33 Å². The molecule has 0 bridgehead atoms. The number of nitrogens with zero attached hydrogens (tertiary/aromatic N) is 3. The number of carbonyl (C=O) groups is 1. The third kappa shape index (κ3) is 2.79. The van der Waals surface area contributed by atoms with E-state index in [1.165, 1.54) is 18.1 Å². The highest BCUT2D eigenvalue weighted by Crippen LogP contribution is 2.23. The van der Waals surface area contributed by atoms with Crippen molar-refractivity contribution in [3.63, 3.8) is 0 Å². The van der Waals surface area contributed by atoms with Gasteiger partial charge in [0.2, 0.25) is 0 Å². The molecule has 0 atom stereocenters. The second-order valence-electron chi connectivity index (χ2n) is 4.72. The predicted octanol–water partition coefficient (Wildman–Crippen LogP) is 1.99. The lowest BCUT2D eigenvalue weighted by molar-refractivity contribution is -0.150. The van der Waals surface area contributed by atoms with Crippen molar-refractivity contribution >= 4 is 28.9 Å². The number of rotatable bonds is 3. The summed E-state index contributed by atoms with van der Waals surface area (Å²) in [5.41, 5.74) is 0.874. The van der Waals surface area contributed by atoms with Crippen LogP contribution in [-0.4, -0.2) is 31.8 Å². The molecule has 1 N–H and O–H groups in total. The van der Waals surface area contributed by atoms with E-state index in [9.17, 15) is 4.79 Å². The number of thioether (sulfide) groups is 1. The summed E-state index contributed by atoms with van der Waals surface area (Å²) >= 11 is 1.33. The topological polar surface area (TPSA) is 80.8 Å². The number of aromatic amines is 1. The molecule has 6 nitrogen and oxygen atoms in total. The van der Waals surface area contributed by atoms with Crippen LogP contribution in [0.4, 0.5) is 0 Å². The molecule has 0 aliphatic heterocycles. The van der Waals surface area contributed by atoms with Crippen molar-refractivity contribution < 1.29 is 9.53 Å². The molecule has 0 saturated carbocycles. The van der Waals surface area contributed by atoms with E-state index in [1.807, 2.05) is 20.8 Å². The second kappa shape index (κ2) is 4.93. The van der Waals surface area contributed by atoms with Gasteiger partial charge >= 0.3 is 5.97 Å². The Morgan fingerprint density at radius 2 is 2.17 bits per heavy atom. The van der Waals surface area contributed by atoms with Gasteiger partial charge in [-0.2, -0.15) is 0 Å². The molecule has 2 aromatic rings. The van der Waals surface area contributed by atoms with Crippen LogP contribution in [0.2, 0.25) is 0 Å². The van der Waals surface area contributed by atoms with Gasteiger partial charge in [0, 0.05) is 0 Å². The monoisotopic (exact) mass is 266 g/mol. The predicted molar refractivity (Wildman–Crippen MR) is 68.0 cm³/mol. The first-order valence-corrected chi connectivity index (χ1v) is 6.41. The molecule has 0 saturated heterocycles. The van der Waals surface area contributed by atoms with Gasteiger partial charge < -0.3 is 9.72 Å². The van der Waals surface area contributed by atoms with Crippen LogP contribution < -0.4 is 0 Å². The zero-order valence-corrected chi connectivity index (χ0v) is 11.2. The molecule has 0 spiro atoms. The Hall–Kier alpha value is -1.63. The van der Waals surface area contributed by atoms with Gasteiger partial charge in [-0.3, -0.25) is 4.79 Å². The fourth-order valence-electron chi connectivity index (χ4n) is 1.21. The first-order chi connectivity index (χ1) is 8.48. The van der Waals surface area contributed by atoms with Gasteiger partial charge in [0.1, 0.15) is 22.8 Å². The first kappa shape index (κ1) is 12.8. The minimum Gasteiger partial charge on any atom is -0.454 e. The first-order valence-electron chi connectivity index (χ1n) is 5.42. The molecular weight excluding hydrogens is 252 g/mol. The number of hydrogen-bond acceptors (Lipinski definition) is 6. The Morgan fingerprint density at radius 3 is 2.89 bits per heavy atom. The number of fused-ring (bicyclic) bond motifs is 1. The maximum absolute atomic E-state index is 11.6. The van der Waals surface area contributed by atoms with Gasteiger partial charge in [0.15, 0.2) is 5.65 Å². The smallest absolute Gasteiger partial charge is 0.312 e. The highest BCUT2D eigenvalue weighted by molar-refractivity contribution is 7.99. The molecule has 0 aliphatic carbocycles. The second-order valence-corrected chi connectivity index (χ2v) is 5.64. The van der Waals surface area contributed by atoms with E-state index in [-0.39, 0.29) is 11.9 Å². The summed E-state index contributed by atoms with van der Waals surface area (Å²) in [6.07, 6.45) is 3.00. The van der Waals surface area contributed by atoms with Crippen LogP contribution in [0.3, 0.4) is 0 Å². The van der Waals surface area contributed by atoms with Crippen molar-refractivity contribution in [1.29, 1.82) is 0 Å². The summed E-state index contributed by atoms with van der Waals surface area (Å²) in [6.45, 7) is 5.45. The molecule has 0 unspecified atom stereocenters. The van der Waals surface area contributed by atoms with Crippen LogP contribution in [0.5, 0.6) is 0 Å². The average Bonchev–Trinajstić information content (AvgIpc) is 2.76. The van der Waals surface area contributed by atoms with Gasteiger partial charge in [-0.25, -0.2) is 15.0 Å². The van der Waals surface area contributed by atoms with Crippen LogP contribution in [0.15, 0.2) is 17.7 Å². The van der Waals surface area contributed by atoms with Crippen molar-refractivity contribution in [3.8, 4) is 0 Å². The normalized spacial score (nSPS) is 11.7. The number of H-pyrrole nitrogens is 1. The molecule has 0 radical (unpaired) electrons. The highest BCUT2D eigenvalue weighted by Gasteiger charge is 2.23. The van der Waals surface area contributed by atoms with Crippen molar-refractivity contribution in [2.75, 3.05) is 5.94 Å². The van der Waals surface area contributed by atoms with Crippen LogP contribution in [0.25, 0.3) is 11.2 Å². The summed E-state index contributed by atoms with van der Waals surface area (Å²) in [5, 5.41) is 0.721. The van der Waals surface area contributed by atoms with Crippen LogP contribution >= 0.6 is 11.8 Å². The van der Waals surface area contributed by atoms with Crippen molar-refractivity contribution in [2.24, 2.45) is 5.41 Å². The minimum atomic E-state index is -0.491. The van der Waals surface area contributed by atoms with Crippen LogP contribution in [-0.2, 0) is 9.53 Å². The molecule has 0 amide bonds. The lowest BCUT2D eigenvalue weighted by atomic mass is 9.98. The quantitative estimate of drug-likeness (QED) is 0.396. The molecular formula is C11H14N4O2S. The van der Waals surface area contributed by atoms with Gasteiger partial charge in [-0.15, -0.1) is 0 Å². The molecule has 2 aromatic heterocycles. The van der Waals surface area contributed by atoms with Gasteiger partial charge in [-0.05, 0) is 20.8 Å². The van der Waals surface area contributed by atoms with E-state index in [0.717, 1.165) is 10.5 Å². The van der Waals surface area contributed by atoms with E-state index < -0.39 is 5.41 Å². The number of aromatic nitrogens is 4. The Bertz CT molecular complexity index is 561. The SMILES string of the molecule is CC(C)(C)C(=O)OCSc1ncnc2nc[nH]c12. The molecule has 0 fully saturated rings. The number of carbonyl (C=O) groups excluding carboxylic acids is 1. The van der Waals surface area contributed by atoms with Crippen LogP contribution in [0, 0.1) is 5.41 Å².